The first-order chi connectivity index (χ1) is 7.70. The molecule has 0 aliphatic rings. The normalized spacial score (nSPS) is 14.1. The molecule has 0 spiro atoms. The van der Waals surface area contributed by atoms with Crippen molar-refractivity contribution >= 4 is 11.6 Å². The van der Waals surface area contributed by atoms with Crippen molar-refractivity contribution in [2.24, 2.45) is 7.05 Å². The molecule has 0 bridgehead atoms. The topological polar surface area (TPSA) is 38.0 Å². The highest BCUT2D eigenvalue weighted by Gasteiger charge is 2.28. The number of hydrogen-bond donors (Lipinski definition) is 1. The fraction of sp³-hybridized carbons (Fsp3) is 0.700. The zero-order valence-electron chi connectivity index (χ0n) is 9.55. The van der Waals surface area contributed by atoms with Crippen LogP contribution in [0.4, 0.5) is 13.2 Å². The number of nitrogens with zero attached hydrogens (tertiary/aromatic N) is 2. The minimum atomic E-state index is -4.24. The van der Waals surface area contributed by atoms with Crippen molar-refractivity contribution in [2.75, 3.05) is 0 Å². The standard InChI is InChI=1S/C10H14ClF3N2O/c1-6-9(11)8(16(2)15-6)5-7(17)3-4-10(12,13)14/h7,17H,3-5H2,1-2H3. The molecule has 98 valence electrons. The summed E-state index contributed by atoms with van der Waals surface area (Å²) in [6.45, 7) is 1.70. The summed E-state index contributed by atoms with van der Waals surface area (Å²) < 4.78 is 37.4. The van der Waals surface area contributed by atoms with E-state index in [9.17, 15) is 18.3 Å². The van der Waals surface area contributed by atoms with Crippen molar-refractivity contribution < 1.29 is 18.3 Å². The molecule has 17 heavy (non-hydrogen) atoms. The Labute approximate surface area is 102 Å². The van der Waals surface area contributed by atoms with Crippen LogP contribution in [-0.2, 0) is 13.5 Å². The van der Waals surface area contributed by atoms with Crippen LogP contribution in [0.15, 0.2) is 0 Å². The van der Waals surface area contributed by atoms with Crippen molar-refractivity contribution in [1.29, 1.82) is 0 Å². The quantitative estimate of drug-likeness (QED) is 0.913. The van der Waals surface area contributed by atoms with E-state index in [2.05, 4.69) is 5.10 Å². The van der Waals surface area contributed by atoms with Gasteiger partial charge in [-0.25, -0.2) is 0 Å². The largest absolute Gasteiger partial charge is 0.393 e. The van der Waals surface area contributed by atoms with Gasteiger partial charge in [0.25, 0.3) is 0 Å². The number of aryl methyl sites for hydroxylation is 2. The van der Waals surface area contributed by atoms with E-state index in [1.54, 1.807) is 14.0 Å². The number of hydrogen-bond acceptors (Lipinski definition) is 2. The third-order valence-corrected chi connectivity index (χ3v) is 2.94. The molecule has 0 aromatic carbocycles. The van der Waals surface area contributed by atoms with Gasteiger partial charge in [0.2, 0.25) is 0 Å². The van der Waals surface area contributed by atoms with Crippen molar-refractivity contribution in [1.82, 2.24) is 9.78 Å². The summed E-state index contributed by atoms with van der Waals surface area (Å²) in [5.74, 6) is 0. The van der Waals surface area contributed by atoms with Crippen molar-refractivity contribution in [3.8, 4) is 0 Å². The van der Waals surface area contributed by atoms with Gasteiger partial charge in [0.15, 0.2) is 0 Å². The van der Waals surface area contributed by atoms with Gasteiger partial charge in [0.05, 0.1) is 22.5 Å². The van der Waals surface area contributed by atoms with Crippen LogP contribution in [0.3, 0.4) is 0 Å². The molecule has 1 aromatic heterocycles. The van der Waals surface area contributed by atoms with Gasteiger partial charge in [-0.1, -0.05) is 11.6 Å². The number of aliphatic hydroxyl groups excluding tert-OH is 1. The highest BCUT2D eigenvalue weighted by atomic mass is 35.5. The zero-order chi connectivity index (χ0) is 13.2. The minimum Gasteiger partial charge on any atom is -0.393 e. The molecule has 1 unspecified atom stereocenters. The van der Waals surface area contributed by atoms with Crippen LogP contribution < -0.4 is 0 Å². The Bertz CT molecular complexity index is 390. The average molecular weight is 271 g/mol. The van der Waals surface area contributed by atoms with Crippen LogP contribution in [0.25, 0.3) is 0 Å². The lowest BCUT2D eigenvalue weighted by molar-refractivity contribution is -0.139. The lowest BCUT2D eigenvalue weighted by Gasteiger charge is -2.12. The summed E-state index contributed by atoms with van der Waals surface area (Å²) in [5, 5.41) is 13.9. The van der Waals surface area contributed by atoms with Gasteiger partial charge in [-0.3, -0.25) is 4.68 Å². The van der Waals surface area contributed by atoms with E-state index in [1.165, 1.54) is 4.68 Å². The van der Waals surface area contributed by atoms with Gasteiger partial charge in [-0.15, -0.1) is 0 Å². The number of aliphatic hydroxyl groups is 1. The zero-order valence-corrected chi connectivity index (χ0v) is 10.3. The lowest BCUT2D eigenvalue weighted by atomic mass is 10.1. The van der Waals surface area contributed by atoms with Crippen LogP contribution in [0.1, 0.15) is 24.2 Å². The molecular weight excluding hydrogens is 257 g/mol. The number of alkyl halides is 3. The van der Waals surface area contributed by atoms with E-state index in [1.807, 2.05) is 0 Å². The molecular formula is C10H14ClF3N2O. The molecule has 0 saturated carbocycles. The smallest absolute Gasteiger partial charge is 0.389 e. The molecule has 0 radical (unpaired) electrons. The predicted octanol–water partition coefficient (Wildman–Crippen LogP) is 2.63. The Morgan fingerprint density at radius 2 is 2.06 bits per heavy atom. The maximum absolute atomic E-state index is 12.0. The van der Waals surface area contributed by atoms with Gasteiger partial charge < -0.3 is 5.11 Å². The molecule has 1 rings (SSSR count). The number of aromatic nitrogens is 2. The molecule has 0 aliphatic heterocycles. The summed E-state index contributed by atoms with van der Waals surface area (Å²) in [6.07, 6.45) is -6.56. The van der Waals surface area contributed by atoms with Gasteiger partial charge in [-0.05, 0) is 13.3 Å². The molecule has 0 saturated heterocycles. The van der Waals surface area contributed by atoms with Crippen molar-refractivity contribution in [3.05, 3.63) is 16.4 Å². The Morgan fingerprint density at radius 3 is 2.47 bits per heavy atom. The van der Waals surface area contributed by atoms with Crippen LogP contribution in [0.5, 0.6) is 0 Å². The highest BCUT2D eigenvalue weighted by molar-refractivity contribution is 6.31. The molecule has 1 heterocycles. The number of halogens is 4. The summed E-state index contributed by atoms with van der Waals surface area (Å²) in [7, 11) is 1.64. The van der Waals surface area contributed by atoms with E-state index in [-0.39, 0.29) is 12.8 Å². The molecule has 7 heteroatoms. The molecule has 0 amide bonds. The van der Waals surface area contributed by atoms with Crippen LogP contribution in [-0.4, -0.2) is 27.2 Å². The van der Waals surface area contributed by atoms with E-state index in [0.717, 1.165) is 0 Å². The average Bonchev–Trinajstić information content (AvgIpc) is 2.41. The Morgan fingerprint density at radius 1 is 1.47 bits per heavy atom. The van der Waals surface area contributed by atoms with Gasteiger partial charge in [-0.2, -0.15) is 18.3 Å². The van der Waals surface area contributed by atoms with Gasteiger partial charge in [0.1, 0.15) is 0 Å². The third kappa shape index (κ3) is 4.20. The Kier molecular flexibility index (Phi) is 4.43. The first kappa shape index (κ1) is 14.3. The summed E-state index contributed by atoms with van der Waals surface area (Å²) in [5.41, 5.74) is 1.16. The summed E-state index contributed by atoms with van der Waals surface area (Å²) >= 11 is 5.93. The monoisotopic (exact) mass is 270 g/mol. The van der Waals surface area contributed by atoms with Gasteiger partial charge in [0, 0.05) is 19.9 Å². The van der Waals surface area contributed by atoms with Crippen molar-refractivity contribution in [3.63, 3.8) is 0 Å². The molecule has 1 atom stereocenters. The van der Waals surface area contributed by atoms with E-state index >= 15 is 0 Å². The van der Waals surface area contributed by atoms with E-state index in [4.69, 9.17) is 11.6 Å². The lowest BCUT2D eigenvalue weighted by Crippen LogP contribution is -2.18. The third-order valence-electron chi connectivity index (χ3n) is 2.45. The first-order valence-corrected chi connectivity index (χ1v) is 5.51. The highest BCUT2D eigenvalue weighted by Crippen LogP contribution is 2.25. The SMILES string of the molecule is Cc1nn(C)c(CC(O)CCC(F)(F)F)c1Cl. The van der Waals surface area contributed by atoms with Crippen LogP contribution in [0.2, 0.25) is 5.02 Å². The maximum Gasteiger partial charge on any atom is 0.389 e. The Balaban J connectivity index is 2.59. The Hall–Kier alpha value is -0.750. The molecule has 1 N–H and O–H groups in total. The van der Waals surface area contributed by atoms with Crippen LogP contribution in [0, 0.1) is 6.92 Å². The molecule has 3 nitrogen and oxygen atoms in total. The minimum absolute atomic E-state index is 0.0756. The first-order valence-electron chi connectivity index (χ1n) is 5.13. The maximum atomic E-state index is 12.0. The fourth-order valence-electron chi connectivity index (χ4n) is 1.56. The number of rotatable bonds is 4. The summed E-state index contributed by atoms with van der Waals surface area (Å²) in [4.78, 5) is 0. The van der Waals surface area contributed by atoms with E-state index < -0.39 is 18.7 Å². The van der Waals surface area contributed by atoms with Crippen molar-refractivity contribution in [2.45, 2.75) is 38.5 Å². The molecule has 0 aliphatic carbocycles. The second kappa shape index (κ2) is 5.27. The predicted molar refractivity (Wildman–Crippen MR) is 58.0 cm³/mol. The fourth-order valence-corrected chi connectivity index (χ4v) is 1.79. The second-order valence-corrected chi connectivity index (χ2v) is 4.36. The van der Waals surface area contributed by atoms with E-state index in [0.29, 0.717) is 16.4 Å². The van der Waals surface area contributed by atoms with Crippen LogP contribution >= 0.6 is 11.6 Å². The van der Waals surface area contributed by atoms with Gasteiger partial charge >= 0.3 is 6.18 Å². The molecule has 1 aromatic rings. The molecule has 0 fully saturated rings. The summed E-state index contributed by atoms with van der Waals surface area (Å²) in [6, 6.07) is 0. The second-order valence-electron chi connectivity index (χ2n) is 3.98.